The highest BCUT2D eigenvalue weighted by atomic mass is 19.4. The van der Waals surface area contributed by atoms with E-state index in [0.717, 1.165) is 4.90 Å². The van der Waals surface area contributed by atoms with Crippen molar-refractivity contribution in [2.45, 2.75) is 81.8 Å². The Hall–Kier alpha value is -2.63. The number of hydrogen-bond donors (Lipinski definition) is 3. The fourth-order valence-electron chi connectivity index (χ4n) is 4.56. The minimum atomic E-state index is -5.17. The standard InChI is InChI=1S/C22H30F3N3O6/c1-2-34-20(33)21-11-13(21)8-6-4-3-5-7-9-15(26-19(32)22(23,24)25)18(31)28-12-14(29)10-16(28)17(30)27-21/h6,8,13-16,29H,2-5,7,9-12H2,1H3,(H,26,32)(H,27,30)/b8-6-/t13-,14-,15+,16+,21+/m1/s1. The van der Waals surface area contributed by atoms with Crippen LogP contribution in [-0.2, 0) is 23.9 Å². The van der Waals surface area contributed by atoms with Crippen LogP contribution < -0.4 is 10.6 Å². The number of rotatable bonds is 3. The normalized spacial score (nSPS) is 33.5. The van der Waals surface area contributed by atoms with Crippen molar-refractivity contribution in [1.29, 1.82) is 0 Å². The van der Waals surface area contributed by atoms with Crippen molar-refractivity contribution in [1.82, 2.24) is 15.5 Å². The van der Waals surface area contributed by atoms with Gasteiger partial charge in [-0.05, 0) is 32.6 Å². The second-order valence-electron chi connectivity index (χ2n) is 8.98. The maximum absolute atomic E-state index is 13.2. The first kappa shape index (κ1) is 26.0. The SMILES string of the molecule is CCOC(=O)[C@]12C[C@H]1/C=C\CCCCC[C@H](NC(=O)C(F)(F)F)C(=O)N1C[C@H](O)C[C@H]1C(=O)N2. The lowest BCUT2D eigenvalue weighted by molar-refractivity contribution is -0.175. The number of carbonyl (C=O) groups excluding carboxylic acids is 4. The topological polar surface area (TPSA) is 125 Å². The first-order chi connectivity index (χ1) is 16.0. The van der Waals surface area contributed by atoms with Crippen molar-refractivity contribution in [3.05, 3.63) is 12.2 Å². The molecule has 1 aliphatic carbocycles. The third-order valence-electron chi connectivity index (χ3n) is 6.46. The molecule has 2 fully saturated rings. The highest BCUT2D eigenvalue weighted by Crippen LogP contribution is 2.46. The van der Waals surface area contributed by atoms with Gasteiger partial charge in [0.25, 0.3) is 0 Å². The van der Waals surface area contributed by atoms with Gasteiger partial charge < -0.3 is 25.4 Å². The molecule has 0 bridgehead atoms. The number of hydrogen-bond acceptors (Lipinski definition) is 6. The van der Waals surface area contributed by atoms with Crippen molar-refractivity contribution in [3.8, 4) is 0 Å². The van der Waals surface area contributed by atoms with Gasteiger partial charge in [0, 0.05) is 18.9 Å². The number of aliphatic hydroxyl groups is 1. The second kappa shape index (κ2) is 10.3. The molecule has 2 heterocycles. The molecule has 0 aromatic carbocycles. The molecule has 0 spiro atoms. The van der Waals surface area contributed by atoms with E-state index in [1.54, 1.807) is 12.2 Å². The first-order valence-corrected chi connectivity index (χ1v) is 11.5. The quantitative estimate of drug-likeness (QED) is 0.401. The summed E-state index contributed by atoms with van der Waals surface area (Å²) < 4.78 is 43.7. The van der Waals surface area contributed by atoms with Crippen molar-refractivity contribution in [2.75, 3.05) is 13.2 Å². The van der Waals surface area contributed by atoms with Crippen LogP contribution in [-0.4, -0.2) is 76.8 Å². The largest absolute Gasteiger partial charge is 0.471 e. The van der Waals surface area contributed by atoms with Crippen LogP contribution in [0.2, 0.25) is 0 Å². The Balaban J connectivity index is 1.87. The molecule has 0 aromatic rings. The molecular formula is C22H30F3N3O6. The van der Waals surface area contributed by atoms with Crippen molar-refractivity contribution >= 4 is 23.7 Å². The predicted molar refractivity (Wildman–Crippen MR) is 112 cm³/mol. The first-order valence-electron chi connectivity index (χ1n) is 11.5. The maximum atomic E-state index is 13.2. The van der Waals surface area contributed by atoms with Crippen molar-refractivity contribution in [2.24, 2.45) is 5.92 Å². The van der Waals surface area contributed by atoms with Crippen LogP contribution in [0.3, 0.4) is 0 Å². The maximum Gasteiger partial charge on any atom is 0.471 e. The van der Waals surface area contributed by atoms with E-state index in [9.17, 15) is 37.5 Å². The summed E-state index contributed by atoms with van der Waals surface area (Å²) in [6.45, 7) is 1.48. The number of allylic oxidation sites excluding steroid dienone is 1. The van der Waals surface area contributed by atoms with Crippen LogP contribution in [0.25, 0.3) is 0 Å². The van der Waals surface area contributed by atoms with Crippen LogP contribution in [0.1, 0.15) is 51.9 Å². The Kier molecular flexibility index (Phi) is 7.89. The van der Waals surface area contributed by atoms with Crippen LogP contribution >= 0.6 is 0 Å². The lowest BCUT2D eigenvalue weighted by Crippen LogP contribution is -2.57. The fourth-order valence-corrected chi connectivity index (χ4v) is 4.56. The number of fused-ring (bicyclic) bond motifs is 2. The molecule has 0 unspecified atom stereocenters. The zero-order chi connectivity index (χ0) is 25.1. The van der Waals surface area contributed by atoms with Gasteiger partial charge in [0.1, 0.15) is 17.6 Å². The summed E-state index contributed by atoms with van der Waals surface area (Å²) in [4.78, 5) is 51.5. The number of nitrogens with one attached hydrogen (secondary N) is 2. The van der Waals surface area contributed by atoms with Gasteiger partial charge in [0.15, 0.2) is 0 Å². The molecule has 3 amide bonds. The molecule has 12 heteroatoms. The van der Waals surface area contributed by atoms with Gasteiger partial charge in [0.2, 0.25) is 11.8 Å². The molecule has 190 valence electrons. The fraction of sp³-hybridized carbons (Fsp3) is 0.727. The number of aliphatic hydroxyl groups excluding tert-OH is 1. The smallest absolute Gasteiger partial charge is 0.464 e. The van der Waals surface area contributed by atoms with Gasteiger partial charge in [0.05, 0.1) is 12.7 Å². The van der Waals surface area contributed by atoms with E-state index in [0.29, 0.717) is 32.1 Å². The molecule has 1 saturated carbocycles. The molecule has 0 radical (unpaired) electrons. The van der Waals surface area contributed by atoms with Gasteiger partial charge in [-0.15, -0.1) is 0 Å². The third kappa shape index (κ3) is 5.70. The molecule has 2 aliphatic heterocycles. The molecule has 34 heavy (non-hydrogen) atoms. The highest BCUT2D eigenvalue weighted by molar-refractivity contribution is 5.97. The van der Waals surface area contributed by atoms with E-state index in [1.807, 2.05) is 12.2 Å². The summed E-state index contributed by atoms with van der Waals surface area (Å²) in [6.07, 6.45) is -0.0500. The minimum Gasteiger partial charge on any atom is -0.464 e. The minimum absolute atomic E-state index is 0.0410. The number of alkyl halides is 3. The van der Waals surface area contributed by atoms with E-state index < -0.39 is 53.6 Å². The average Bonchev–Trinajstić information content (AvgIpc) is 3.31. The summed E-state index contributed by atoms with van der Waals surface area (Å²) in [5, 5.41) is 14.6. The van der Waals surface area contributed by atoms with Crippen molar-refractivity contribution in [3.63, 3.8) is 0 Å². The Bertz CT molecular complexity index is 848. The summed E-state index contributed by atoms with van der Waals surface area (Å²) in [5.41, 5.74) is -1.28. The van der Waals surface area contributed by atoms with Crippen LogP contribution in [0.4, 0.5) is 13.2 Å². The lowest BCUT2D eigenvalue weighted by Gasteiger charge is -2.30. The molecule has 5 atom stereocenters. The van der Waals surface area contributed by atoms with Gasteiger partial charge in [-0.3, -0.25) is 14.4 Å². The summed E-state index contributed by atoms with van der Waals surface area (Å²) in [5.74, 6) is -4.71. The zero-order valence-corrected chi connectivity index (χ0v) is 18.9. The van der Waals surface area contributed by atoms with Gasteiger partial charge in [-0.1, -0.05) is 25.0 Å². The number of nitrogens with zero attached hydrogens (tertiary/aromatic N) is 1. The monoisotopic (exact) mass is 489 g/mol. The number of esters is 1. The average molecular weight is 489 g/mol. The lowest BCUT2D eigenvalue weighted by atomic mass is 10.0. The summed E-state index contributed by atoms with van der Waals surface area (Å²) in [6, 6.07) is -2.70. The number of ether oxygens (including phenoxy) is 1. The Morgan fingerprint density at radius 3 is 2.71 bits per heavy atom. The van der Waals surface area contributed by atoms with Gasteiger partial charge in [-0.2, -0.15) is 13.2 Å². The Labute approximate surface area is 195 Å². The number of carbonyl (C=O) groups is 4. The highest BCUT2D eigenvalue weighted by Gasteiger charge is 2.62. The van der Waals surface area contributed by atoms with Crippen LogP contribution in [0.15, 0.2) is 12.2 Å². The van der Waals surface area contributed by atoms with Gasteiger partial charge >= 0.3 is 18.1 Å². The second-order valence-corrected chi connectivity index (χ2v) is 8.98. The summed E-state index contributed by atoms with van der Waals surface area (Å²) >= 11 is 0. The molecule has 0 aromatic heterocycles. The van der Waals surface area contributed by atoms with E-state index in [2.05, 4.69) is 5.32 Å². The molecule has 3 N–H and O–H groups in total. The van der Waals surface area contributed by atoms with Crippen molar-refractivity contribution < 1.29 is 42.2 Å². The molecule has 3 aliphatic rings. The van der Waals surface area contributed by atoms with E-state index in [-0.39, 0.29) is 31.9 Å². The number of amides is 3. The van der Waals surface area contributed by atoms with E-state index >= 15 is 0 Å². The van der Waals surface area contributed by atoms with E-state index in [4.69, 9.17) is 4.74 Å². The Morgan fingerprint density at radius 2 is 2.03 bits per heavy atom. The predicted octanol–water partition coefficient (Wildman–Crippen LogP) is 0.954. The van der Waals surface area contributed by atoms with E-state index in [1.165, 1.54) is 0 Å². The molecule has 9 nitrogen and oxygen atoms in total. The van der Waals surface area contributed by atoms with Crippen LogP contribution in [0.5, 0.6) is 0 Å². The molecular weight excluding hydrogens is 459 g/mol. The zero-order valence-electron chi connectivity index (χ0n) is 18.9. The molecule has 1 saturated heterocycles. The molecule has 3 rings (SSSR count). The third-order valence-corrected chi connectivity index (χ3v) is 6.46. The number of halogens is 3. The van der Waals surface area contributed by atoms with Crippen LogP contribution in [0, 0.1) is 5.92 Å². The Morgan fingerprint density at radius 1 is 1.29 bits per heavy atom. The van der Waals surface area contributed by atoms with Gasteiger partial charge in [-0.25, -0.2) is 4.79 Å². The summed E-state index contributed by atoms with van der Waals surface area (Å²) in [7, 11) is 0.